The van der Waals surface area contributed by atoms with Crippen LogP contribution < -0.4 is 9.46 Å². The number of aromatic nitrogens is 2. The summed E-state index contributed by atoms with van der Waals surface area (Å²) >= 11 is 5.71. The molecule has 12 heteroatoms. The molecule has 1 aromatic carbocycles. The fourth-order valence-corrected chi connectivity index (χ4v) is 2.49. The molecule has 0 atom stereocenters. The van der Waals surface area contributed by atoms with E-state index in [4.69, 9.17) is 16.3 Å². The normalized spacial score (nSPS) is 12.4. The molecule has 1 aromatic heterocycles. The van der Waals surface area contributed by atoms with Gasteiger partial charge in [-0.05, 0) is 28.0 Å². The van der Waals surface area contributed by atoms with Crippen molar-refractivity contribution in [1.82, 2.24) is 15.0 Å². The minimum Gasteiger partial charge on any atom is -0.472 e. The van der Waals surface area contributed by atoms with Crippen LogP contribution in [-0.4, -0.2) is 49.1 Å². The van der Waals surface area contributed by atoms with Gasteiger partial charge in [-0.3, -0.25) is 0 Å². The summed E-state index contributed by atoms with van der Waals surface area (Å²) in [6.45, 7) is -0.0420. The van der Waals surface area contributed by atoms with Crippen LogP contribution in [0, 0.1) is 5.82 Å². The lowest BCUT2D eigenvalue weighted by Crippen LogP contribution is -2.27. The molecular weight excluding hydrogens is 379 g/mol. The number of nitrogens with zero attached hydrogens (tertiary/aromatic N) is 3. The van der Waals surface area contributed by atoms with Crippen molar-refractivity contribution in [2.75, 3.05) is 19.4 Å². The molecule has 0 aliphatic heterocycles. The van der Waals surface area contributed by atoms with Crippen LogP contribution in [0.15, 0.2) is 28.0 Å². The third-order valence-electron chi connectivity index (χ3n) is 2.91. The molecule has 0 saturated heterocycles. The quantitative estimate of drug-likeness (QED) is 0.299. The Kier molecular flexibility index (Phi) is 6.28. The monoisotopic (exact) mass is 392 g/mol. The zero-order valence-corrected chi connectivity index (χ0v) is 14.5. The lowest BCUT2D eigenvalue weighted by molar-refractivity contribution is 0.258. The number of sulfonamides is 1. The number of nitrogens with one attached hydrogen (secondary N) is 1. The van der Waals surface area contributed by atoms with Gasteiger partial charge in [-0.2, -0.15) is 0 Å². The first-order chi connectivity index (χ1) is 11.8. The summed E-state index contributed by atoms with van der Waals surface area (Å²) in [7, 11) is -3.34. The minimum absolute atomic E-state index is 0.00427. The van der Waals surface area contributed by atoms with Gasteiger partial charge < -0.3 is 9.94 Å². The van der Waals surface area contributed by atoms with Crippen LogP contribution in [0.4, 0.5) is 4.39 Å². The van der Waals surface area contributed by atoms with E-state index in [0.29, 0.717) is 5.56 Å². The Morgan fingerprint density at radius 1 is 1.48 bits per heavy atom. The van der Waals surface area contributed by atoms with Crippen LogP contribution in [0.25, 0.3) is 0 Å². The van der Waals surface area contributed by atoms with Crippen molar-refractivity contribution in [3.05, 3.63) is 40.3 Å². The van der Waals surface area contributed by atoms with Crippen molar-refractivity contribution in [3.8, 4) is 5.88 Å². The molecule has 0 aliphatic rings. The highest BCUT2D eigenvalue weighted by atomic mass is 35.5. The van der Waals surface area contributed by atoms with Crippen LogP contribution in [0.2, 0.25) is 5.02 Å². The SMILES string of the molecule is CS(=O)(=O)NCCOc1nonc1C(Cc1ccc(F)c(Cl)c1)=NO. The predicted molar refractivity (Wildman–Crippen MR) is 86.1 cm³/mol. The zero-order chi connectivity index (χ0) is 18.4. The van der Waals surface area contributed by atoms with Crippen molar-refractivity contribution in [2.24, 2.45) is 5.16 Å². The van der Waals surface area contributed by atoms with Crippen LogP contribution in [0.5, 0.6) is 5.88 Å². The highest BCUT2D eigenvalue weighted by Crippen LogP contribution is 2.20. The Morgan fingerprint density at radius 3 is 2.88 bits per heavy atom. The molecule has 136 valence electrons. The summed E-state index contributed by atoms with van der Waals surface area (Å²) in [6.07, 6.45) is 1.07. The molecule has 2 aromatic rings. The average molecular weight is 393 g/mol. The van der Waals surface area contributed by atoms with E-state index in [1.54, 1.807) is 0 Å². The van der Waals surface area contributed by atoms with Crippen LogP contribution in [0.3, 0.4) is 0 Å². The fraction of sp³-hybridized carbons (Fsp3) is 0.308. The highest BCUT2D eigenvalue weighted by Gasteiger charge is 2.19. The molecule has 0 bridgehead atoms. The molecule has 25 heavy (non-hydrogen) atoms. The van der Waals surface area contributed by atoms with E-state index in [1.807, 2.05) is 0 Å². The molecule has 0 fully saturated rings. The van der Waals surface area contributed by atoms with Crippen LogP contribution >= 0.6 is 11.6 Å². The van der Waals surface area contributed by atoms with E-state index in [2.05, 4.69) is 24.8 Å². The van der Waals surface area contributed by atoms with Gasteiger partial charge in [0.2, 0.25) is 10.0 Å². The van der Waals surface area contributed by atoms with Gasteiger partial charge in [-0.15, -0.1) is 0 Å². The molecule has 0 saturated carbocycles. The molecule has 0 aliphatic carbocycles. The third-order valence-corrected chi connectivity index (χ3v) is 3.93. The number of hydrogen-bond acceptors (Lipinski definition) is 8. The van der Waals surface area contributed by atoms with Crippen LogP contribution in [0.1, 0.15) is 11.3 Å². The predicted octanol–water partition coefficient (Wildman–Crippen LogP) is 1.21. The topological polar surface area (TPSA) is 127 Å². The average Bonchev–Trinajstić information content (AvgIpc) is 3.00. The van der Waals surface area contributed by atoms with E-state index in [-0.39, 0.29) is 41.9 Å². The highest BCUT2D eigenvalue weighted by molar-refractivity contribution is 7.88. The van der Waals surface area contributed by atoms with Gasteiger partial charge in [-0.25, -0.2) is 22.2 Å². The summed E-state index contributed by atoms with van der Waals surface area (Å²) in [4.78, 5) is 0. The van der Waals surface area contributed by atoms with Crippen molar-refractivity contribution >= 4 is 27.3 Å². The molecule has 2 N–H and O–H groups in total. The summed E-state index contributed by atoms with van der Waals surface area (Å²) in [5.41, 5.74) is 0.643. The molecule has 0 amide bonds. The Labute approximate surface area is 147 Å². The van der Waals surface area contributed by atoms with E-state index >= 15 is 0 Å². The van der Waals surface area contributed by atoms with Gasteiger partial charge in [0.05, 0.1) is 11.3 Å². The summed E-state index contributed by atoms with van der Waals surface area (Å²) in [5.74, 6) is -0.644. The Bertz CT molecular complexity index is 871. The first-order valence-electron chi connectivity index (χ1n) is 6.85. The summed E-state index contributed by atoms with van der Waals surface area (Å²) < 4.78 is 47.2. The lowest BCUT2D eigenvalue weighted by atomic mass is 10.1. The molecule has 0 unspecified atom stereocenters. The third kappa shape index (κ3) is 5.66. The number of halogens is 2. The smallest absolute Gasteiger partial charge is 0.285 e. The minimum atomic E-state index is -3.34. The molecule has 0 spiro atoms. The van der Waals surface area contributed by atoms with E-state index < -0.39 is 15.8 Å². The first-order valence-corrected chi connectivity index (χ1v) is 9.12. The molecular formula is C13H14ClFN4O5S. The summed E-state index contributed by atoms with van der Waals surface area (Å²) in [6, 6.07) is 4.03. The standard InChI is InChI=1S/C13H14ClFN4O5S/c1-25(21,22)16-4-5-23-13-12(18-24-19-13)11(17-20)7-8-2-3-10(15)9(14)6-8/h2-3,6,16,20H,4-5,7H2,1H3. The van der Waals surface area contributed by atoms with E-state index in [9.17, 15) is 18.0 Å². The van der Waals surface area contributed by atoms with Gasteiger partial charge in [0.1, 0.15) is 18.1 Å². The van der Waals surface area contributed by atoms with E-state index in [1.165, 1.54) is 18.2 Å². The fourth-order valence-electron chi connectivity index (χ4n) is 1.84. The van der Waals surface area contributed by atoms with Crippen LogP contribution in [-0.2, 0) is 16.4 Å². The maximum Gasteiger partial charge on any atom is 0.285 e. The molecule has 2 rings (SSSR count). The maximum absolute atomic E-state index is 13.2. The van der Waals surface area contributed by atoms with Crippen molar-refractivity contribution in [1.29, 1.82) is 0 Å². The second-order valence-corrected chi connectivity index (χ2v) is 7.15. The molecule has 1 heterocycles. The Balaban J connectivity index is 2.06. The van der Waals surface area contributed by atoms with Gasteiger partial charge in [-0.1, -0.05) is 22.8 Å². The maximum atomic E-state index is 13.2. The van der Waals surface area contributed by atoms with Gasteiger partial charge in [0.25, 0.3) is 5.88 Å². The first kappa shape index (κ1) is 19.1. The molecule has 0 radical (unpaired) electrons. The lowest BCUT2D eigenvalue weighted by Gasteiger charge is -2.06. The van der Waals surface area contributed by atoms with E-state index in [0.717, 1.165) is 6.26 Å². The van der Waals surface area contributed by atoms with Gasteiger partial charge >= 0.3 is 0 Å². The number of ether oxygens (including phenoxy) is 1. The number of rotatable bonds is 8. The number of hydrogen-bond donors (Lipinski definition) is 2. The molecule has 9 nitrogen and oxygen atoms in total. The second-order valence-electron chi connectivity index (χ2n) is 4.90. The summed E-state index contributed by atoms with van der Waals surface area (Å²) in [5, 5.41) is 19.4. The number of oxime groups is 1. The van der Waals surface area contributed by atoms with Crippen molar-refractivity contribution in [3.63, 3.8) is 0 Å². The van der Waals surface area contributed by atoms with Gasteiger partial charge in [0, 0.05) is 13.0 Å². The largest absolute Gasteiger partial charge is 0.472 e. The van der Waals surface area contributed by atoms with Crippen molar-refractivity contribution in [2.45, 2.75) is 6.42 Å². The Hall–Kier alpha value is -2.24. The van der Waals surface area contributed by atoms with Gasteiger partial charge in [0.15, 0.2) is 5.69 Å². The second kappa shape index (κ2) is 8.23. The Morgan fingerprint density at radius 2 is 2.24 bits per heavy atom. The zero-order valence-electron chi connectivity index (χ0n) is 12.9. The number of benzene rings is 1. The van der Waals surface area contributed by atoms with Crippen molar-refractivity contribution < 1.29 is 27.4 Å².